The second-order valence-corrected chi connectivity index (χ2v) is 6.97. The molecule has 1 saturated heterocycles. The number of carbonyl (C=O) groups is 2. The molecule has 1 rings (SSSR count). The number of hydrogen-bond donors (Lipinski definition) is 0. The van der Waals surface area contributed by atoms with Crippen LogP contribution in [-0.4, -0.2) is 55.9 Å². The first-order valence-corrected chi connectivity index (χ1v) is 8.40. The molecule has 1 aliphatic rings. The van der Waals surface area contributed by atoms with Gasteiger partial charge in [-0.25, -0.2) is 8.42 Å². The topological polar surface area (TPSA) is 80.8 Å². The summed E-state index contributed by atoms with van der Waals surface area (Å²) < 4.78 is 28.7. The minimum Gasteiger partial charge on any atom is -0.465 e. The van der Waals surface area contributed by atoms with Gasteiger partial charge in [-0.1, -0.05) is 12.5 Å². The van der Waals surface area contributed by atoms with Crippen LogP contribution >= 0.6 is 0 Å². The van der Waals surface area contributed by atoms with E-state index in [1.165, 1.54) is 11.0 Å². The summed E-state index contributed by atoms with van der Waals surface area (Å²) in [4.78, 5) is 25.0. The van der Waals surface area contributed by atoms with Crippen LogP contribution in [0.4, 0.5) is 0 Å². The van der Waals surface area contributed by atoms with Gasteiger partial charge in [-0.2, -0.15) is 0 Å². The molecule has 114 valence electrons. The first kappa shape index (κ1) is 16.7. The first-order valence-electron chi connectivity index (χ1n) is 6.69. The third-order valence-electron chi connectivity index (χ3n) is 3.14. The SMILES string of the molecule is C=CCN(CC(=O)OCC)C(=O)C1CCCCS1(=O)=O. The van der Waals surface area contributed by atoms with Gasteiger partial charge in [0.25, 0.3) is 0 Å². The van der Waals surface area contributed by atoms with Gasteiger partial charge in [0.05, 0.1) is 12.4 Å². The summed E-state index contributed by atoms with van der Waals surface area (Å²) in [6.45, 7) is 5.29. The van der Waals surface area contributed by atoms with E-state index < -0.39 is 27.0 Å². The van der Waals surface area contributed by atoms with Crippen LogP contribution in [0.2, 0.25) is 0 Å². The Morgan fingerprint density at radius 3 is 2.65 bits per heavy atom. The number of hydrogen-bond acceptors (Lipinski definition) is 5. The molecule has 0 aliphatic carbocycles. The Kier molecular flexibility index (Phi) is 6.19. The second-order valence-electron chi connectivity index (χ2n) is 4.66. The molecule has 0 saturated carbocycles. The predicted octanol–water partition coefficient (Wildman–Crippen LogP) is 0.531. The highest BCUT2D eigenvalue weighted by Crippen LogP contribution is 2.21. The molecule has 1 atom stereocenters. The van der Waals surface area contributed by atoms with Crippen molar-refractivity contribution in [3.8, 4) is 0 Å². The van der Waals surface area contributed by atoms with E-state index in [4.69, 9.17) is 4.74 Å². The Bertz CT molecular complexity index is 471. The number of rotatable bonds is 6. The van der Waals surface area contributed by atoms with Crippen molar-refractivity contribution in [2.75, 3.05) is 25.4 Å². The molecule has 0 spiro atoms. The maximum atomic E-state index is 12.3. The van der Waals surface area contributed by atoms with E-state index in [1.54, 1.807) is 6.92 Å². The van der Waals surface area contributed by atoms with Crippen molar-refractivity contribution >= 4 is 21.7 Å². The van der Waals surface area contributed by atoms with E-state index in [0.717, 1.165) is 0 Å². The van der Waals surface area contributed by atoms with Crippen LogP contribution < -0.4 is 0 Å². The van der Waals surface area contributed by atoms with E-state index >= 15 is 0 Å². The van der Waals surface area contributed by atoms with Gasteiger partial charge in [0, 0.05) is 6.54 Å². The molecular formula is C13H21NO5S. The highest BCUT2D eigenvalue weighted by atomic mass is 32.2. The largest absolute Gasteiger partial charge is 0.465 e. The number of carbonyl (C=O) groups excluding carboxylic acids is 2. The molecular weight excluding hydrogens is 282 g/mol. The van der Waals surface area contributed by atoms with E-state index in [9.17, 15) is 18.0 Å². The summed E-state index contributed by atoms with van der Waals surface area (Å²) in [5, 5.41) is -1.04. The summed E-state index contributed by atoms with van der Waals surface area (Å²) in [5.41, 5.74) is 0. The average Bonchev–Trinajstić information content (AvgIpc) is 2.37. The van der Waals surface area contributed by atoms with Crippen LogP contribution in [-0.2, 0) is 24.2 Å². The summed E-state index contributed by atoms with van der Waals surface area (Å²) in [6, 6.07) is 0. The van der Waals surface area contributed by atoms with Gasteiger partial charge in [0.1, 0.15) is 11.8 Å². The van der Waals surface area contributed by atoms with Gasteiger partial charge in [-0.05, 0) is 19.8 Å². The van der Waals surface area contributed by atoms with E-state index in [2.05, 4.69) is 6.58 Å². The minimum absolute atomic E-state index is 0.0325. The first-order chi connectivity index (χ1) is 9.42. The van der Waals surface area contributed by atoms with Gasteiger partial charge in [-0.15, -0.1) is 6.58 Å². The lowest BCUT2D eigenvalue weighted by molar-refractivity contribution is -0.148. The lowest BCUT2D eigenvalue weighted by Crippen LogP contribution is -2.47. The molecule has 0 aromatic carbocycles. The van der Waals surface area contributed by atoms with Crippen molar-refractivity contribution in [2.24, 2.45) is 0 Å². The quantitative estimate of drug-likeness (QED) is 0.528. The van der Waals surface area contributed by atoms with E-state index in [0.29, 0.717) is 19.3 Å². The summed E-state index contributed by atoms with van der Waals surface area (Å²) in [6.07, 6.45) is 3.08. The fourth-order valence-electron chi connectivity index (χ4n) is 2.19. The normalized spacial score (nSPS) is 20.9. The number of ether oxygens (including phenoxy) is 1. The van der Waals surface area contributed by atoms with Crippen LogP contribution in [0.5, 0.6) is 0 Å². The second kappa shape index (κ2) is 7.42. The molecule has 1 amide bonds. The van der Waals surface area contributed by atoms with E-state index in [1.807, 2.05) is 0 Å². The Morgan fingerprint density at radius 2 is 2.10 bits per heavy atom. The Hall–Kier alpha value is -1.37. The molecule has 1 fully saturated rings. The summed E-state index contributed by atoms with van der Waals surface area (Å²) in [5.74, 6) is -1.04. The molecule has 1 aliphatic heterocycles. The lowest BCUT2D eigenvalue weighted by atomic mass is 10.1. The van der Waals surface area contributed by atoms with Crippen molar-refractivity contribution in [3.63, 3.8) is 0 Å². The van der Waals surface area contributed by atoms with Crippen molar-refractivity contribution < 1.29 is 22.7 Å². The third-order valence-corrected chi connectivity index (χ3v) is 5.30. The standard InChI is InChI=1S/C13H21NO5S/c1-3-8-14(10-12(15)19-4-2)13(16)11-7-5-6-9-20(11,17)18/h3,11H,1,4-10H2,2H3. The van der Waals surface area contributed by atoms with Crippen LogP contribution in [0.25, 0.3) is 0 Å². The van der Waals surface area contributed by atoms with Crippen LogP contribution in [0.3, 0.4) is 0 Å². The Labute approximate surface area is 119 Å². The number of amides is 1. The molecule has 0 aromatic heterocycles. The van der Waals surface area contributed by atoms with Crippen molar-refractivity contribution in [1.29, 1.82) is 0 Å². The molecule has 0 bridgehead atoms. The van der Waals surface area contributed by atoms with Crippen LogP contribution in [0.15, 0.2) is 12.7 Å². The molecule has 0 radical (unpaired) electrons. The smallest absolute Gasteiger partial charge is 0.325 e. The zero-order valence-corrected chi connectivity index (χ0v) is 12.5. The molecule has 20 heavy (non-hydrogen) atoms. The van der Waals surface area contributed by atoms with Gasteiger partial charge in [-0.3, -0.25) is 9.59 Å². The molecule has 1 heterocycles. The Balaban J connectivity index is 2.82. The molecule has 0 N–H and O–H groups in total. The van der Waals surface area contributed by atoms with Gasteiger partial charge >= 0.3 is 5.97 Å². The van der Waals surface area contributed by atoms with Crippen LogP contribution in [0, 0.1) is 0 Å². The Morgan fingerprint density at radius 1 is 1.40 bits per heavy atom. The summed E-state index contributed by atoms with van der Waals surface area (Å²) >= 11 is 0. The maximum Gasteiger partial charge on any atom is 0.325 e. The number of nitrogens with zero attached hydrogens (tertiary/aromatic N) is 1. The average molecular weight is 303 g/mol. The fourth-order valence-corrected chi connectivity index (χ4v) is 4.06. The van der Waals surface area contributed by atoms with Gasteiger partial charge in [0.15, 0.2) is 9.84 Å². The predicted molar refractivity (Wildman–Crippen MR) is 74.8 cm³/mol. The maximum absolute atomic E-state index is 12.3. The highest BCUT2D eigenvalue weighted by molar-refractivity contribution is 7.92. The molecule has 0 aromatic rings. The minimum atomic E-state index is -3.41. The zero-order valence-electron chi connectivity index (χ0n) is 11.7. The molecule has 1 unspecified atom stereocenters. The van der Waals surface area contributed by atoms with E-state index in [-0.39, 0.29) is 25.4 Å². The monoisotopic (exact) mass is 303 g/mol. The lowest BCUT2D eigenvalue weighted by Gasteiger charge is -2.27. The molecule has 7 heteroatoms. The number of sulfone groups is 1. The van der Waals surface area contributed by atoms with Crippen molar-refractivity contribution in [1.82, 2.24) is 4.90 Å². The highest BCUT2D eigenvalue weighted by Gasteiger charge is 2.37. The zero-order chi connectivity index (χ0) is 15.2. The van der Waals surface area contributed by atoms with Gasteiger partial charge < -0.3 is 9.64 Å². The molecule has 6 nitrogen and oxygen atoms in total. The van der Waals surface area contributed by atoms with Gasteiger partial charge in [0.2, 0.25) is 5.91 Å². The van der Waals surface area contributed by atoms with Crippen molar-refractivity contribution in [2.45, 2.75) is 31.4 Å². The fraction of sp³-hybridized carbons (Fsp3) is 0.692. The van der Waals surface area contributed by atoms with Crippen LogP contribution in [0.1, 0.15) is 26.2 Å². The third kappa shape index (κ3) is 4.33. The van der Waals surface area contributed by atoms with Crippen molar-refractivity contribution in [3.05, 3.63) is 12.7 Å². The summed E-state index contributed by atoms with van der Waals surface area (Å²) in [7, 11) is -3.41. The number of esters is 1.